The lowest BCUT2D eigenvalue weighted by atomic mass is 9.95. The van der Waals surface area contributed by atoms with Crippen LogP contribution in [0, 0.1) is 0 Å². The van der Waals surface area contributed by atoms with Gasteiger partial charge in [-0.1, -0.05) is 47.7 Å². The predicted molar refractivity (Wildman–Crippen MR) is 161 cm³/mol. The van der Waals surface area contributed by atoms with Gasteiger partial charge in [-0.05, 0) is 74.4 Å². The van der Waals surface area contributed by atoms with Crippen LogP contribution in [0.15, 0.2) is 93.9 Å². The Morgan fingerprint density at radius 1 is 1.00 bits per heavy atom. The van der Waals surface area contributed by atoms with E-state index in [9.17, 15) is 9.59 Å². The number of amides is 1. The first kappa shape index (κ1) is 27.9. The summed E-state index contributed by atoms with van der Waals surface area (Å²) in [6.45, 7) is 6.63. The zero-order chi connectivity index (χ0) is 28.9. The van der Waals surface area contributed by atoms with Gasteiger partial charge in [0, 0.05) is 5.69 Å². The molecule has 1 amide bonds. The van der Waals surface area contributed by atoms with Gasteiger partial charge >= 0.3 is 0 Å². The van der Waals surface area contributed by atoms with E-state index in [1.54, 1.807) is 18.6 Å². The molecule has 9 heteroatoms. The molecule has 0 unspecified atom stereocenters. The summed E-state index contributed by atoms with van der Waals surface area (Å²) in [5, 5.41) is 2.97. The van der Waals surface area contributed by atoms with Gasteiger partial charge in [0.15, 0.2) is 16.3 Å². The van der Waals surface area contributed by atoms with Crippen LogP contribution in [0.5, 0.6) is 17.2 Å². The van der Waals surface area contributed by atoms with Crippen molar-refractivity contribution in [2.24, 2.45) is 4.99 Å². The smallest absolute Gasteiger partial charge is 0.271 e. The van der Waals surface area contributed by atoms with Gasteiger partial charge in [0.25, 0.3) is 11.5 Å². The molecule has 8 nitrogen and oxygen atoms in total. The number of rotatable bonds is 9. The molecule has 41 heavy (non-hydrogen) atoms. The zero-order valence-electron chi connectivity index (χ0n) is 23.3. The Balaban J connectivity index is 1.63. The number of hydrogen-bond donors (Lipinski definition) is 1. The molecule has 1 atom stereocenters. The molecule has 1 aromatic heterocycles. The maximum Gasteiger partial charge on any atom is 0.271 e. The van der Waals surface area contributed by atoms with E-state index in [1.165, 1.54) is 11.3 Å². The molecule has 0 spiro atoms. The largest absolute Gasteiger partial charge is 0.497 e. The molecule has 2 heterocycles. The summed E-state index contributed by atoms with van der Waals surface area (Å²) >= 11 is 1.28. The number of methoxy groups -OCH3 is 1. The van der Waals surface area contributed by atoms with Gasteiger partial charge in [0.1, 0.15) is 5.75 Å². The highest BCUT2D eigenvalue weighted by molar-refractivity contribution is 7.07. The number of carbonyl (C=O) groups is 1. The lowest BCUT2D eigenvalue weighted by Gasteiger charge is -2.25. The third kappa shape index (κ3) is 5.81. The van der Waals surface area contributed by atoms with Gasteiger partial charge in [-0.15, -0.1) is 0 Å². The van der Waals surface area contributed by atoms with Crippen LogP contribution in [0.1, 0.15) is 37.9 Å². The summed E-state index contributed by atoms with van der Waals surface area (Å²) in [7, 11) is 1.60. The van der Waals surface area contributed by atoms with Crippen LogP contribution in [0.2, 0.25) is 0 Å². The standard InChI is InChI=1S/C32H31N3O5S/c1-5-39-25-17-12-21(18-26(25)40-6-2)19-27-31(37)35-29(22-13-15-24(38-4)16-14-22)28(20(3)33-32(35)41-27)30(36)34-23-10-8-7-9-11-23/h7-19,29H,5-6H2,1-4H3,(H,34,36)/b27-19+/t29-/m0/s1. The van der Waals surface area contributed by atoms with Gasteiger partial charge in [-0.3, -0.25) is 14.2 Å². The summed E-state index contributed by atoms with van der Waals surface area (Å²) in [4.78, 5) is 32.9. The second-order valence-electron chi connectivity index (χ2n) is 9.25. The Hall–Kier alpha value is -4.63. The number of ether oxygens (including phenoxy) is 3. The van der Waals surface area contributed by atoms with Crippen molar-refractivity contribution in [3.63, 3.8) is 0 Å². The molecular formula is C32H31N3O5S. The fourth-order valence-electron chi connectivity index (χ4n) is 4.74. The minimum Gasteiger partial charge on any atom is -0.497 e. The van der Waals surface area contributed by atoms with Crippen molar-refractivity contribution in [2.75, 3.05) is 25.6 Å². The van der Waals surface area contributed by atoms with Gasteiger partial charge in [-0.25, -0.2) is 4.99 Å². The molecular weight excluding hydrogens is 538 g/mol. The van der Waals surface area contributed by atoms with E-state index in [4.69, 9.17) is 19.2 Å². The lowest BCUT2D eigenvalue weighted by Crippen LogP contribution is -2.40. The SMILES string of the molecule is CCOc1ccc(/C=c2/sc3n(c2=O)[C@@H](c2ccc(OC)cc2)C(C(=O)Nc2ccccc2)=C(C)N=3)cc1OCC. The first-order chi connectivity index (χ1) is 19.9. The molecule has 1 N–H and O–H groups in total. The Kier molecular flexibility index (Phi) is 8.35. The molecule has 0 aliphatic carbocycles. The monoisotopic (exact) mass is 569 g/mol. The molecule has 0 fully saturated rings. The Labute approximate surface area is 241 Å². The molecule has 0 radical (unpaired) electrons. The van der Waals surface area contributed by atoms with Crippen molar-refractivity contribution >= 4 is 29.0 Å². The summed E-state index contributed by atoms with van der Waals surface area (Å²) < 4.78 is 18.9. The number of hydrogen-bond acceptors (Lipinski definition) is 7. The van der Waals surface area contributed by atoms with Crippen LogP contribution in [0.3, 0.4) is 0 Å². The maximum atomic E-state index is 14.0. The summed E-state index contributed by atoms with van der Waals surface area (Å²) in [6, 6.07) is 21.5. The van der Waals surface area contributed by atoms with Gasteiger partial charge in [0.05, 0.1) is 42.2 Å². The van der Waals surface area contributed by atoms with Crippen LogP contribution in [0.25, 0.3) is 6.08 Å². The highest BCUT2D eigenvalue weighted by atomic mass is 32.1. The third-order valence-electron chi connectivity index (χ3n) is 6.59. The van der Waals surface area contributed by atoms with Crippen LogP contribution in [-0.2, 0) is 4.79 Å². The van der Waals surface area contributed by atoms with Crippen LogP contribution >= 0.6 is 11.3 Å². The second-order valence-corrected chi connectivity index (χ2v) is 10.3. The van der Waals surface area contributed by atoms with Crippen LogP contribution in [-0.4, -0.2) is 30.8 Å². The van der Waals surface area contributed by atoms with Crippen molar-refractivity contribution in [2.45, 2.75) is 26.8 Å². The Morgan fingerprint density at radius 2 is 1.71 bits per heavy atom. The summed E-state index contributed by atoms with van der Waals surface area (Å²) in [5.74, 6) is 1.62. The first-order valence-corrected chi connectivity index (χ1v) is 14.2. The van der Waals surface area contributed by atoms with Crippen LogP contribution in [0.4, 0.5) is 5.69 Å². The third-order valence-corrected chi connectivity index (χ3v) is 7.58. The minimum atomic E-state index is -0.678. The average molecular weight is 570 g/mol. The van der Waals surface area contributed by atoms with E-state index < -0.39 is 6.04 Å². The highest BCUT2D eigenvalue weighted by Gasteiger charge is 2.32. The van der Waals surface area contributed by atoms with E-state index in [0.717, 1.165) is 11.1 Å². The fourth-order valence-corrected chi connectivity index (χ4v) is 5.79. The number of allylic oxidation sites excluding steroid dienone is 1. The van der Waals surface area contributed by atoms with Crippen molar-refractivity contribution in [1.82, 2.24) is 4.57 Å². The average Bonchev–Trinajstić information content (AvgIpc) is 3.28. The number of para-hydroxylation sites is 1. The van der Waals surface area contributed by atoms with Crippen molar-refractivity contribution in [1.29, 1.82) is 0 Å². The van der Waals surface area contributed by atoms with Gasteiger partial charge in [0.2, 0.25) is 0 Å². The predicted octanol–water partition coefficient (Wildman–Crippen LogP) is 4.68. The molecule has 0 bridgehead atoms. The molecule has 210 valence electrons. The Bertz CT molecular complexity index is 1770. The number of aromatic nitrogens is 1. The van der Waals surface area contributed by atoms with E-state index in [-0.39, 0.29) is 11.5 Å². The van der Waals surface area contributed by atoms with E-state index >= 15 is 0 Å². The first-order valence-electron chi connectivity index (χ1n) is 13.4. The normalized spacial score (nSPS) is 14.7. The molecule has 1 aliphatic rings. The Morgan fingerprint density at radius 3 is 2.39 bits per heavy atom. The number of carbonyl (C=O) groups excluding carboxylic acids is 1. The topological polar surface area (TPSA) is 91.2 Å². The van der Waals surface area contributed by atoms with Crippen molar-refractivity contribution in [3.05, 3.63) is 115 Å². The number of fused-ring (bicyclic) bond motifs is 1. The minimum absolute atomic E-state index is 0.237. The lowest BCUT2D eigenvalue weighted by molar-refractivity contribution is -0.113. The number of thiazole rings is 1. The summed E-state index contributed by atoms with van der Waals surface area (Å²) in [5.41, 5.74) is 2.93. The fraction of sp³-hybridized carbons (Fsp3) is 0.219. The van der Waals surface area contributed by atoms with E-state index in [0.29, 0.717) is 56.8 Å². The van der Waals surface area contributed by atoms with E-state index in [1.807, 2.05) is 92.7 Å². The molecule has 0 saturated carbocycles. The zero-order valence-corrected chi connectivity index (χ0v) is 24.2. The quantitative estimate of drug-likeness (QED) is 0.316. The number of nitrogens with one attached hydrogen (secondary N) is 1. The number of nitrogens with zero attached hydrogens (tertiary/aromatic N) is 2. The molecule has 0 saturated heterocycles. The van der Waals surface area contributed by atoms with Crippen LogP contribution < -0.4 is 34.4 Å². The van der Waals surface area contributed by atoms with Gasteiger partial charge in [-0.2, -0.15) is 0 Å². The van der Waals surface area contributed by atoms with Crippen molar-refractivity contribution in [3.8, 4) is 17.2 Å². The molecule has 4 aromatic rings. The second kappa shape index (κ2) is 12.3. The number of anilines is 1. The summed E-state index contributed by atoms with van der Waals surface area (Å²) in [6.07, 6.45) is 1.82. The van der Waals surface area contributed by atoms with Crippen molar-refractivity contribution < 1.29 is 19.0 Å². The molecule has 5 rings (SSSR count). The number of benzene rings is 3. The van der Waals surface area contributed by atoms with E-state index in [2.05, 4.69) is 5.32 Å². The molecule has 3 aromatic carbocycles. The van der Waals surface area contributed by atoms with Gasteiger partial charge < -0.3 is 19.5 Å². The maximum absolute atomic E-state index is 14.0. The molecule has 1 aliphatic heterocycles. The highest BCUT2D eigenvalue weighted by Crippen LogP contribution is 2.32.